The minimum absolute atomic E-state index is 0.0804. The fourth-order valence-electron chi connectivity index (χ4n) is 5.09. The first-order valence-corrected chi connectivity index (χ1v) is 11.0. The Labute approximate surface area is 183 Å². The summed E-state index contributed by atoms with van der Waals surface area (Å²) >= 11 is 0. The fourth-order valence-corrected chi connectivity index (χ4v) is 5.09. The summed E-state index contributed by atoms with van der Waals surface area (Å²) in [7, 11) is 1.57. The first-order valence-electron chi connectivity index (χ1n) is 11.0. The van der Waals surface area contributed by atoms with Gasteiger partial charge in [0.1, 0.15) is 6.04 Å². The lowest BCUT2D eigenvalue weighted by Gasteiger charge is -2.34. The normalized spacial score (nSPS) is 28.4. The Morgan fingerprint density at radius 2 is 1.81 bits per heavy atom. The monoisotopic (exact) mass is 427 g/mol. The van der Waals surface area contributed by atoms with Crippen LogP contribution in [0.3, 0.4) is 0 Å². The van der Waals surface area contributed by atoms with E-state index in [1.807, 2.05) is 63.3 Å². The molecule has 168 valence electrons. The predicted molar refractivity (Wildman–Crippen MR) is 118 cm³/mol. The molecule has 0 saturated carbocycles. The van der Waals surface area contributed by atoms with Crippen LogP contribution < -0.4 is 10.6 Å². The molecule has 1 heterocycles. The van der Waals surface area contributed by atoms with Gasteiger partial charge in [0.25, 0.3) is 0 Å². The zero-order valence-electron chi connectivity index (χ0n) is 18.6. The van der Waals surface area contributed by atoms with E-state index in [4.69, 9.17) is 0 Å². The van der Waals surface area contributed by atoms with Gasteiger partial charge in [0.05, 0.1) is 24.5 Å². The quantitative estimate of drug-likeness (QED) is 0.576. The minimum atomic E-state index is -0.793. The second kappa shape index (κ2) is 9.64. The molecule has 3 amide bonds. The summed E-state index contributed by atoms with van der Waals surface area (Å²) < 4.78 is 0. The molecule has 3 N–H and O–H groups in total. The third kappa shape index (κ3) is 4.24. The van der Waals surface area contributed by atoms with Crippen LogP contribution in [0.4, 0.5) is 0 Å². The van der Waals surface area contributed by atoms with Gasteiger partial charge in [-0.1, -0.05) is 49.4 Å². The summed E-state index contributed by atoms with van der Waals surface area (Å²) in [6.45, 7) is 5.42. The summed E-state index contributed by atoms with van der Waals surface area (Å²) in [5.74, 6) is -2.42. The van der Waals surface area contributed by atoms with E-state index in [0.717, 1.165) is 12.0 Å². The Morgan fingerprint density at radius 1 is 1.13 bits per heavy atom. The summed E-state index contributed by atoms with van der Waals surface area (Å²) in [4.78, 5) is 41.5. The van der Waals surface area contributed by atoms with Crippen molar-refractivity contribution in [3.63, 3.8) is 0 Å². The molecule has 1 aromatic carbocycles. The molecule has 0 radical (unpaired) electrons. The number of hydrogen-bond donors (Lipinski definition) is 3. The summed E-state index contributed by atoms with van der Waals surface area (Å²) in [6, 6.07) is 7.67. The molecule has 7 nitrogen and oxygen atoms in total. The van der Waals surface area contributed by atoms with Crippen LogP contribution in [-0.2, 0) is 14.4 Å². The van der Waals surface area contributed by atoms with Gasteiger partial charge in [-0.05, 0) is 31.7 Å². The lowest BCUT2D eigenvalue weighted by Crippen LogP contribution is -2.50. The number of nitrogens with one attached hydrogen (secondary N) is 2. The number of hydrogen-bond acceptors (Lipinski definition) is 4. The molecule has 0 spiro atoms. The van der Waals surface area contributed by atoms with Gasteiger partial charge in [-0.2, -0.15) is 0 Å². The van der Waals surface area contributed by atoms with Crippen molar-refractivity contribution < 1.29 is 19.5 Å². The predicted octanol–water partition coefficient (Wildman–Crippen LogP) is 1.65. The Balaban J connectivity index is 2.11. The van der Waals surface area contributed by atoms with Gasteiger partial charge >= 0.3 is 0 Å². The van der Waals surface area contributed by atoms with Gasteiger partial charge in [0.15, 0.2) is 0 Å². The molecule has 1 aliphatic heterocycles. The zero-order chi connectivity index (χ0) is 22.7. The van der Waals surface area contributed by atoms with Crippen molar-refractivity contribution in [3.05, 3.63) is 48.0 Å². The molecule has 0 unspecified atom stereocenters. The molecule has 7 heteroatoms. The third-order valence-electron chi connectivity index (χ3n) is 6.46. The highest BCUT2D eigenvalue weighted by molar-refractivity contribution is 5.97. The lowest BCUT2D eigenvalue weighted by molar-refractivity contribution is -0.143. The molecule has 31 heavy (non-hydrogen) atoms. The van der Waals surface area contributed by atoms with E-state index in [1.165, 1.54) is 4.90 Å². The van der Waals surface area contributed by atoms with E-state index in [0.29, 0.717) is 0 Å². The van der Waals surface area contributed by atoms with Gasteiger partial charge in [0, 0.05) is 19.0 Å². The van der Waals surface area contributed by atoms with E-state index in [-0.39, 0.29) is 36.3 Å². The average molecular weight is 428 g/mol. The largest absolute Gasteiger partial charge is 0.394 e. The first-order chi connectivity index (χ1) is 14.8. The van der Waals surface area contributed by atoms with Gasteiger partial charge < -0.3 is 20.6 Å². The summed E-state index contributed by atoms with van der Waals surface area (Å²) in [5, 5.41) is 15.9. The first kappa shape index (κ1) is 23.0. The van der Waals surface area contributed by atoms with Crippen LogP contribution in [0.25, 0.3) is 0 Å². The highest BCUT2D eigenvalue weighted by Gasteiger charge is 2.58. The molecule has 2 aliphatic rings. The van der Waals surface area contributed by atoms with Gasteiger partial charge in [-0.3, -0.25) is 14.4 Å². The summed E-state index contributed by atoms with van der Waals surface area (Å²) in [6.07, 6.45) is 4.63. The zero-order valence-corrected chi connectivity index (χ0v) is 18.6. The molecule has 1 aromatic rings. The molecule has 3 rings (SSSR count). The Hall–Kier alpha value is -2.67. The Morgan fingerprint density at radius 3 is 2.35 bits per heavy atom. The van der Waals surface area contributed by atoms with Crippen LogP contribution in [0.15, 0.2) is 42.5 Å². The van der Waals surface area contributed by atoms with Gasteiger partial charge in [0.2, 0.25) is 17.7 Å². The van der Waals surface area contributed by atoms with E-state index in [1.54, 1.807) is 7.05 Å². The molecular formula is C24H33N3O4. The Kier molecular flexibility index (Phi) is 7.15. The van der Waals surface area contributed by atoms with E-state index < -0.39 is 29.8 Å². The maximum absolute atomic E-state index is 13.8. The number of likely N-dealkylation sites (tertiary alicyclic amines) is 1. The van der Waals surface area contributed by atoms with Crippen molar-refractivity contribution in [2.75, 3.05) is 13.7 Å². The maximum atomic E-state index is 13.8. The van der Waals surface area contributed by atoms with Crippen molar-refractivity contribution in [2.24, 2.45) is 23.7 Å². The number of amides is 3. The number of rotatable bonds is 7. The molecule has 0 aromatic heterocycles. The highest BCUT2D eigenvalue weighted by Crippen LogP contribution is 2.47. The molecule has 0 bridgehead atoms. The van der Waals surface area contributed by atoms with Crippen LogP contribution in [0.1, 0.15) is 38.8 Å². The van der Waals surface area contributed by atoms with E-state index >= 15 is 0 Å². The van der Waals surface area contributed by atoms with Crippen LogP contribution in [0.5, 0.6) is 0 Å². The van der Waals surface area contributed by atoms with Gasteiger partial charge in [-0.25, -0.2) is 0 Å². The third-order valence-corrected chi connectivity index (χ3v) is 6.46. The average Bonchev–Trinajstić information content (AvgIpc) is 3.06. The molecular weight excluding hydrogens is 394 g/mol. The number of carbonyl (C=O) groups excluding carboxylic acids is 3. The molecule has 6 atom stereocenters. The van der Waals surface area contributed by atoms with Crippen molar-refractivity contribution in [1.29, 1.82) is 0 Å². The number of fused-ring (bicyclic) bond motifs is 1. The van der Waals surface area contributed by atoms with Crippen molar-refractivity contribution in [2.45, 2.75) is 45.3 Å². The van der Waals surface area contributed by atoms with Crippen molar-refractivity contribution in [3.8, 4) is 0 Å². The topological polar surface area (TPSA) is 98.7 Å². The number of aliphatic hydroxyl groups is 1. The molecule has 1 aliphatic carbocycles. The van der Waals surface area contributed by atoms with Crippen LogP contribution in [-0.4, -0.2) is 53.5 Å². The number of benzene rings is 1. The number of nitrogens with zero attached hydrogens (tertiary/aromatic N) is 1. The van der Waals surface area contributed by atoms with Crippen LogP contribution >= 0.6 is 0 Å². The minimum Gasteiger partial charge on any atom is -0.394 e. The Bertz CT molecular complexity index is 838. The second-order valence-corrected chi connectivity index (χ2v) is 8.66. The number of aliphatic hydroxyl groups excluding tert-OH is 1. The van der Waals surface area contributed by atoms with E-state index in [9.17, 15) is 19.5 Å². The van der Waals surface area contributed by atoms with Gasteiger partial charge in [-0.15, -0.1) is 0 Å². The highest BCUT2D eigenvalue weighted by atomic mass is 16.3. The lowest BCUT2D eigenvalue weighted by atomic mass is 9.69. The number of allylic oxidation sites excluding steroid dienone is 1. The maximum Gasteiger partial charge on any atom is 0.243 e. The van der Waals surface area contributed by atoms with Crippen molar-refractivity contribution in [1.82, 2.24) is 15.5 Å². The fraction of sp³-hybridized carbons (Fsp3) is 0.542. The molecule has 1 saturated heterocycles. The van der Waals surface area contributed by atoms with Crippen molar-refractivity contribution >= 4 is 17.7 Å². The molecule has 1 fully saturated rings. The SMILES string of the molecule is CC[C@@H]1C=C[C@H]2[C@@H](C(=O)N([C@H](CO)c3ccccc3)[C@@H]2C(=O)NC(C)C)[C@@H]1C(=O)NC. The number of carbonyl (C=O) groups is 3. The van der Waals surface area contributed by atoms with E-state index in [2.05, 4.69) is 10.6 Å². The second-order valence-electron chi connectivity index (χ2n) is 8.66. The van der Waals surface area contributed by atoms with Crippen LogP contribution in [0, 0.1) is 23.7 Å². The van der Waals surface area contributed by atoms with Crippen LogP contribution in [0.2, 0.25) is 0 Å². The standard InChI is InChI=1S/C24H33N3O4/c1-5-15-11-12-17-20(19(15)22(29)25-4)24(31)27(21(17)23(30)26-14(2)3)18(13-28)16-9-7-6-8-10-16/h6-12,14-15,17-21,28H,5,13H2,1-4H3,(H,25,29)(H,26,30)/t15-,17+,18-,19-,20-,21+/m1/s1. The summed E-state index contributed by atoms with van der Waals surface area (Å²) in [5.41, 5.74) is 0.756. The smallest absolute Gasteiger partial charge is 0.243 e.